The molecule has 23 heavy (non-hydrogen) atoms. The van der Waals surface area contributed by atoms with E-state index in [2.05, 4.69) is 34.2 Å². The fourth-order valence-electron chi connectivity index (χ4n) is 2.12. The van der Waals surface area contributed by atoms with Gasteiger partial charge in [0.15, 0.2) is 5.16 Å². The van der Waals surface area contributed by atoms with Crippen molar-refractivity contribution in [1.82, 2.24) is 20.1 Å². The van der Waals surface area contributed by atoms with Crippen LogP contribution in [0.5, 0.6) is 0 Å². The lowest BCUT2D eigenvalue weighted by molar-refractivity contribution is -0.120. The highest BCUT2D eigenvalue weighted by Crippen LogP contribution is 2.22. The van der Waals surface area contributed by atoms with Crippen molar-refractivity contribution >= 4 is 17.7 Å². The Labute approximate surface area is 141 Å². The molecule has 122 valence electrons. The van der Waals surface area contributed by atoms with Gasteiger partial charge >= 0.3 is 0 Å². The van der Waals surface area contributed by atoms with Gasteiger partial charge in [0, 0.05) is 13.1 Å². The average Bonchev–Trinajstić information content (AvgIpc) is 2.89. The molecule has 1 heterocycles. The number of allylic oxidation sites excluding steroid dienone is 1. The Kier molecular flexibility index (Phi) is 6.40. The Bertz CT molecular complexity index is 654. The third-order valence-corrected chi connectivity index (χ3v) is 4.50. The highest BCUT2D eigenvalue weighted by atomic mass is 32.2. The topological polar surface area (TPSA) is 59.8 Å². The maximum atomic E-state index is 12.2. The number of aromatic nitrogens is 3. The molecule has 0 fully saturated rings. The minimum absolute atomic E-state index is 0.0109. The molecule has 0 bridgehead atoms. The second-order valence-electron chi connectivity index (χ2n) is 5.22. The van der Waals surface area contributed by atoms with Crippen LogP contribution in [0.2, 0.25) is 0 Å². The molecule has 0 aliphatic heterocycles. The SMILES string of the molecule is C=CCn1c(C)nnc1SC(C)C(=O)NCCc1ccccc1. The first-order valence-electron chi connectivity index (χ1n) is 7.60. The molecule has 0 aliphatic carbocycles. The van der Waals surface area contributed by atoms with Gasteiger partial charge in [0.2, 0.25) is 5.91 Å². The second-order valence-corrected chi connectivity index (χ2v) is 6.52. The van der Waals surface area contributed by atoms with Gasteiger partial charge in [0.25, 0.3) is 0 Å². The summed E-state index contributed by atoms with van der Waals surface area (Å²) in [6.07, 6.45) is 2.63. The van der Waals surface area contributed by atoms with Gasteiger partial charge in [-0.05, 0) is 25.8 Å². The number of nitrogens with zero attached hydrogens (tertiary/aromatic N) is 3. The summed E-state index contributed by atoms with van der Waals surface area (Å²) in [7, 11) is 0. The van der Waals surface area contributed by atoms with Gasteiger partial charge in [-0.1, -0.05) is 48.2 Å². The standard InChI is InChI=1S/C17H22N4OS/c1-4-12-21-14(3)19-20-17(21)23-13(2)16(22)18-11-10-15-8-6-5-7-9-15/h4-9,13H,1,10-12H2,2-3H3,(H,18,22). The van der Waals surface area contributed by atoms with E-state index in [1.54, 1.807) is 6.08 Å². The van der Waals surface area contributed by atoms with Crippen molar-refractivity contribution in [3.8, 4) is 0 Å². The van der Waals surface area contributed by atoms with Crippen LogP contribution in [0, 0.1) is 6.92 Å². The molecular formula is C17H22N4OS. The first kappa shape index (κ1) is 17.3. The molecular weight excluding hydrogens is 308 g/mol. The molecule has 2 aromatic rings. The Morgan fingerprint density at radius 2 is 2.13 bits per heavy atom. The van der Waals surface area contributed by atoms with E-state index in [9.17, 15) is 4.79 Å². The fourth-order valence-corrected chi connectivity index (χ4v) is 3.05. The molecule has 1 aromatic carbocycles. The fraction of sp³-hybridized carbons (Fsp3) is 0.353. The van der Waals surface area contributed by atoms with Gasteiger partial charge < -0.3 is 9.88 Å². The van der Waals surface area contributed by atoms with Gasteiger partial charge in [-0.2, -0.15) is 0 Å². The molecule has 0 aliphatic rings. The number of hydrogen-bond donors (Lipinski definition) is 1. The normalized spacial score (nSPS) is 11.9. The second kappa shape index (κ2) is 8.53. The molecule has 1 atom stereocenters. The quantitative estimate of drug-likeness (QED) is 0.597. The lowest BCUT2D eigenvalue weighted by Gasteiger charge is -2.12. The van der Waals surface area contributed by atoms with Gasteiger partial charge in [0.05, 0.1) is 5.25 Å². The molecule has 1 aromatic heterocycles. The van der Waals surface area contributed by atoms with E-state index in [4.69, 9.17) is 0 Å². The minimum atomic E-state index is -0.224. The number of hydrogen-bond acceptors (Lipinski definition) is 4. The number of thioether (sulfide) groups is 1. The van der Waals surface area contributed by atoms with Gasteiger partial charge in [-0.3, -0.25) is 4.79 Å². The number of aryl methyl sites for hydroxylation is 1. The Balaban J connectivity index is 1.84. The van der Waals surface area contributed by atoms with Crippen LogP contribution in [0.25, 0.3) is 0 Å². The van der Waals surface area contributed by atoms with Crippen molar-refractivity contribution in [2.24, 2.45) is 0 Å². The lowest BCUT2D eigenvalue weighted by Crippen LogP contribution is -2.32. The van der Waals surface area contributed by atoms with Crippen molar-refractivity contribution in [3.63, 3.8) is 0 Å². The highest BCUT2D eigenvalue weighted by Gasteiger charge is 2.18. The molecule has 2 rings (SSSR count). The van der Waals surface area contributed by atoms with Crippen molar-refractivity contribution in [2.45, 2.75) is 37.2 Å². The van der Waals surface area contributed by atoms with Crippen LogP contribution in [0.3, 0.4) is 0 Å². The number of benzene rings is 1. The maximum absolute atomic E-state index is 12.2. The molecule has 5 nitrogen and oxygen atoms in total. The molecule has 0 saturated heterocycles. The lowest BCUT2D eigenvalue weighted by atomic mass is 10.1. The van der Waals surface area contributed by atoms with Crippen molar-refractivity contribution < 1.29 is 4.79 Å². The third-order valence-electron chi connectivity index (χ3n) is 3.42. The van der Waals surface area contributed by atoms with Crippen LogP contribution >= 0.6 is 11.8 Å². The number of carbonyl (C=O) groups excluding carboxylic acids is 1. The number of nitrogens with one attached hydrogen (secondary N) is 1. The third kappa shape index (κ3) is 4.96. The molecule has 1 unspecified atom stereocenters. The first-order chi connectivity index (χ1) is 11.1. The minimum Gasteiger partial charge on any atom is -0.355 e. The molecule has 0 spiro atoms. The summed E-state index contributed by atoms with van der Waals surface area (Å²) in [4.78, 5) is 12.2. The maximum Gasteiger partial charge on any atom is 0.233 e. The summed E-state index contributed by atoms with van der Waals surface area (Å²) in [5.41, 5.74) is 1.22. The summed E-state index contributed by atoms with van der Waals surface area (Å²) >= 11 is 1.41. The van der Waals surface area contributed by atoms with Crippen LogP contribution in [0.15, 0.2) is 48.1 Å². The molecule has 1 amide bonds. The Morgan fingerprint density at radius 3 is 2.83 bits per heavy atom. The van der Waals surface area contributed by atoms with Gasteiger partial charge in [0.1, 0.15) is 5.82 Å². The average molecular weight is 330 g/mol. The van der Waals surface area contributed by atoms with Crippen molar-refractivity contribution in [1.29, 1.82) is 0 Å². The summed E-state index contributed by atoms with van der Waals surface area (Å²) in [6.45, 7) is 8.78. The van der Waals surface area contributed by atoms with E-state index >= 15 is 0 Å². The van der Waals surface area contributed by atoms with Crippen LogP contribution in [0.4, 0.5) is 0 Å². The van der Waals surface area contributed by atoms with E-state index in [1.807, 2.05) is 36.6 Å². The zero-order valence-electron chi connectivity index (χ0n) is 13.5. The van der Waals surface area contributed by atoms with E-state index in [-0.39, 0.29) is 11.2 Å². The van der Waals surface area contributed by atoms with E-state index in [0.717, 1.165) is 17.4 Å². The van der Waals surface area contributed by atoms with Crippen LogP contribution in [-0.2, 0) is 17.8 Å². The molecule has 0 saturated carbocycles. The van der Waals surface area contributed by atoms with Crippen LogP contribution in [0.1, 0.15) is 18.3 Å². The van der Waals surface area contributed by atoms with Gasteiger partial charge in [-0.25, -0.2) is 0 Å². The summed E-state index contributed by atoms with van der Waals surface area (Å²) < 4.78 is 1.95. The predicted octanol–water partition coefficient (Wildman–Crippen LogP) is 2.61. The largest absolute Gasteiger partial charge is 0.355 e. The van der Waals surface area contributed by atoms with Gasteiger partial charge in [-0.15, -0.1) is 16.8 Å². The molecule has 0 radical (unpaired) electrons. The zero-order chi connectivity index (χ0) is 16.7. The summed E-state index contributed by atoms with van der Waals surface area (Å²) in [5.74, 6) is 0.834. The number of carbonyl (C=O) groups is 1. The first-order valence-corrected chi connectivity index (χ1v) is 8.48. The van der Waals surface area contributed by atoms with Crippen LogP contribution in [-0.4, -0.2) is 32.5 Å². The van der Waals surface area contributed by atoms with Crippen LogP contribution < -0.4 is 5.32 Å². The Morgan fingerprint density at radius 1 is 1.39 bits per heavy atom. The monoisotopic (exact) mass is 330 g/mol. The smallest absolute Gasteiger partial charge is 0.233 e. The Hall–Kier alpha value is -2.08. The van der Waals surface area contributed by atoms with E-state index in [1.165, 1.54) is 17.3 Å². The molecule has 1 N–H and O–H groups in total. The zero-order valence-corrected chi connectivity index (χ0v) is 14.3. The number of amides is 1. The molecule has 6 heteroatoms. The predicted molar refractivity (Wildman–Crippen MR) is 93.4 cm³/mol. The highest BCUT2D eigenvalue weighted by molar-refractivity contribution is 8.00. The summed E-state index contributed by atoms with van der Waals surface area (Å²) in [6, 6.07) is 10.1. The number of rotatable bonds is 8. The van der Waals surface area contributed by atoms with E-state index in [0.29, 0.717) is 13.1 Å². The summed E-state index contributed by atoms with van der Waals surface area (Å²) in [5, 5.41) is 11.7. The van der Waals surface area contributed by atoms with E-state index < -0.39 is 0 Å². The van der Waals surface area contributed by atoms with Crippen molar-refractivity contribution in [2.75, 3.05) is 6.54 Å². The van der Waals surface area contributed by atoms with Crippen molar-refractivity contribution in [3.05, 3.63) is 54.4 Å².